The number of alkyl halides is 2. The Morgan fingerprint density at radius 3 is 2.52 bits per heavy atom. The van der Waals surface area contributed by atoms with E-state index < -0.39 is 30.3 Å². The lowest BCUT2D eigenvalue weighted by Gasteiger charge is -2.24. The van der Waals surface area contributed by atoms with E-state index in [4.69, 9.17) is 5.11 Å². The number of carboxylic acid groups (broad SMARTS) is 1. The first-order valence-electron chi connectivity index (χ1n) is 7.17. The largest absolute Gasteiger partial charge is 0.481 e. The Hall–Kier alpha value is -2.44. The van der Waals surface area contributed by atoms with E-state index in [1.807, 2.05) is 0 Å². The van der Waals surface area contributed by atoms with Gasteiger partial charge in [0.15, 0.2) is 0 Å². The van der Waals surface area contributed by atoms with Crippen LogP contribution in [0.3, 0.4) is 0 Å². The topological polar surface area (TPSA) is 75.6 Å². The molecule has 2 rings (SSSR count). The average molecular weight is 325 g/mol. The van der Waals surface area contributed by atoms with Crippen LogP contribution in [0.4, 0.5) is 8.78 Å². The number of amides is 1. The van der Waals surface area contributed by atoms with Crippen LogP contribution in [0, 0.1) is 11.8 Å². The fourth-order valence-corrected chi connectivity index (χ4v) is 2.55. The summed E-state index contributed by atoms with van der Waals surface area (Å²) in [5.41, 5.74) is 0.402. The quantitative estimate of drug-likeness (QED) is 0.788. The van der Waals surface area contributed by atoms with E-state index in [1.54, 1.807) is 30.4 Å². The van der Waals surface area contributed by atoms with Crippen molar-refractivity contribution in [1.82, 2.24) is 5.32 Å². The number of allylic oxidation sites excluding steroid dienone is 2. The highest BCUT2D eigenvalue weighted by Gasteiger charge is 2.33. The number of nitrogens with one attached hydrogen (secondary N) is 1. The zero-order valence-corrected chi connectivity index (χ0v) is 12.2. The van der Waals surface area contributed by atoms with Gasteiger partial charge in [-0.15, -0.1) is 0 Å². The lowest BCUT2D eigenvalue weighted by Crippen LogP contribution is -2.38. The summed E-state index contributed by atoms with van der Waals surface area (Å²) in [4.78, 5) is 23.4. The molecule has 1 aliphatic carbocycles. The second-order valence-electron chi connectivity index (χ2n) is 5.20. The van der Waals surface area contributed by atoms with Gasteiger partial charge < -0.3 is 15.2 Å². The minimum atomic E-state index is -2.95. The molecule has 0 saturated heterocycles. The molecular weight excluding hydrogens is 308 g/mol. The Balaban J connectivity index is 2.01. The van der Waals surface area contributed by atoms with Gasteiger partial charge in [0.05, 0.1) is 11.8 Å². The van der Waals surface area contributed by atoms with Crippen molar-refractivity contribution >= 4 is 11.9 Å². The smallest absolute Gasteiger partial charge is 0.387 e. The SMILES string of the molecule is O=C(O)[C@H]1CC=CC[C@@H]1C(=O)NCc1ccccc1OC(F)F. The second kappa shape index (κ2) is 7.71. The van der Waals surface area contributed by atoms with Crippen molar-refractivity contribution in [3.05, 3.63) is 42.0 Å². The van der Waals surface area contributed by atoms with Gasteiger partial charge in [-0.1, -0.05) is 30.4 Å². The first-order chi connectivity index (χ1) is 11.0. The molecule has 0 heterocycles. The highest BCUT2D eigenvalue weighted by atomic mass is 19.3. The number of benzene rings is 1. The summed E-state index contributed by atoms with van der Waals surface area (Å²) in [5.74, 6) is -2.88. The molecule has 1 amide bonds. The van der Waals surface area contributed by atoms with E-state index in [0.29, 0.717) is 18.4 Å². The third-order valence-corrected chi connectivity index (χ3v) is 3.73. The molecule has 0 bridgehead atoms. The number of para-hydroxylation sites is 1. The van der Waals surface area contributed by atoms with E-state index in [-0.39, 0.29) is 12.3 Å². The van der Waals surface area contributed by atoms with E-state index in [1.165, 1.54) is 6.07 Å². The monoisotopic (exact) mass is 325 g/mol. The van der Waals surface area contributed by atoms with Crippen molar-refractivity contribution in [2.75, 3.05) is 0 Å². The van der Waals surface area contributed by atoms with Crippen molar-refractivity contribution in [2.45, 2.75) is 26.0 Å². The van der Waals surface area contributed by atoms with Crippen LogP contribution in [0.25, 0.3) is 0 Å². The van der Waals surface area contributed by atoms with Crippen molar-refractivity contribution in [3.63, 3.8) is 0 Å². The summed E-state index contributed by atoms with van der Waals surface area (Å²) >= 11 is 0. The Morgan fingerprint density at radius 1 is 1.22 bits per heavy atom. The van der Waals surface area contributed by atoms with Crippen LogP contribution in [-0.2, 0) is 16.1 Å². The molecule has 124 valence electrons. The molecule has 1 aromatic rings. The van der Waals surface area contributed by atoms with Crippen molar-refractivity contribution < 1.29 is 28.2 Å². The highest BCUT2D eigenvalue weighted by Crippen LogP contribution is 2.26. The summed E-state index contributed by atoms with van der Waals surface area (Å²) in [6.07, 6.45) is 4.17. The first kappa shape index (κ1) is 16.9. The maximum absolute atomic E-state index is 12.3. The Bertz CT molecular complexity index is 603. The second-order valence-corrected chi connectivity index (χ2v) is 5.20. The molecule has 0 spiro atoms. The molecule has 1 aromatic carbocycles. The first-order valence-corrected chi connectivity index (χ1v) is 7.17. The van der Waals surface area contributed by atoms with Crippen LogP contribution >= 0.6 is 0 Å². The zero-order chi connectivity index (χ0) is 16.8. The van der Waals surface area contributed by atoms with E-state index >= 15 is 0 Å². The number of hydrogen-bond donors (Lipinski definition) is 2. The molecule has 0 saturated carbocycles. The molecule has 0 radical (unpaired) electrons. The number of hydrogen-bond acceptors (Lipinski definition) is 3. The normalized spacial score (nSPS) is 20.3. The van der Waals surface area contributed by atoms with Gasteiger partial charge in [0.25, 0.3) is 0 Å². The van der Waals surface area contributed by atoms with Crippen LogP contribution in [-0.4, -0.2) is 23.6 Å². The maximum Gasteiger partial charge on any atom is 0.387 e. The zero-order valence-electron chi connectivity index (χ0n) is 12.2. The van der Waals surface area contributed by atoms with Gasteiger partial charge in [-0.3, -0.25) is 9.59 Å². The summed E-state index contributed by atoms with van der Waals surface area (Å²) in [6, 6.07) is 6.14. The van der Waals surface area contributed by atoms with Gasteiger partial charge in [0.2, 0.25) is 5.91 Å². The Morgan fingerprint density at radius 2 is 1.87 bits per heavy atom. The molecule has 0 aromatic heterocycles. The van der Waals surface area contributed by atoms with E-state index in [9.17, 15) is 18.4 Å². The van der Waals surface area contributed by atoms with Gasteiger partial charge in [0.1, 0.15) is 5.75 Å². The fraction of sp³-hybridized carbons (Fsp3) is 0.375. The van der Waals surface area contributed by atoms with E-state index in [2.05, 4.69) is 10.1 Å². The Labute approximate surface area is 131 Å². The van der Waals surface area contributed by atoms with Gasteiger partial charge in [-0.2, -0.15) is 8.78 Å². The van der Waals surface area contributed by atoms with Crippen molar-refractivity contribution in [3.8, 4) is 5.75 Å². The van der Waals surface area contributed by atoms with Crippen LogP contribution in [0.1, 0.15) is 18.4 Å². The predicted molar refractivity (Wildman–Crippen MR) is 77.9 cm³/mol. The summed E-state index contributed by atoms with van der Waals surface area (Å²) in [6.45, 7) is -2.96. The summed E-state index contributed by atoms with van der Waals surface area (Å²) < 4.78 is 29.1. The van der Waals surface area contributed by atoms with Gasteiger partial charge in [0, 0.05) is 12.1 Å². The minimum absolute atomic E-state index is 0.00567. The molecule has 2 N–H and O–H groups in total. The maximum atomic E-state index is 12.3. The molecule has 0 fully saturated rings. The third-order valence-electron chi connectivity index (χ3n) is 3.73. The summed E-state index contributed by atoms with van der Waals surface area (Å²) in [5, 5.41) is 11.8. The molecule has 23 heavy (non-hydrogen) atoms. The minimum Gasteiger partial charge on any atom is -0.481 e. The molecule has 7 heteroatoms. The number of ether oxygens (including phenoxy) is 1. The number of carbonyl (C=O) groups is 2. The molecular formula is C16H17F2NO4. The van der Waals surface area contributed by atoms with Crippen molar-refractivity contribution in [2.24, 2.45) is 11.8 Å². The number of aliphatic carboxylic acids is 1. The van der Waals surface area contributed by atoms with Crippen LogP contribution in [0.2, 0.25) is 0 Å². The number of carbonyl (C=O) groups excluding carboxylic acids is 1. The fourth-order valence-electron chi connectivity index (χ4n) is 2.55. The van der Waals surface area contributed by atoms with Crippen LogP contribution in [0.5, 0.6) is 5.75 Å². The standard InChI is InChI=1S/C16H17F2NO4/c17-16(18)23-13-8-4-1-5-10(13)9-19-14(20)11-6-2-3-7-12(11)15(21)22/h1-5,8,11-12,16H,6-7,9H2,(H,19,20)(H,21,22)/t11-,12-/m0/s1. The van der Waals surface area contributed by atoms with Gasteiger partial charge >= 0.3 is 12.6 Å². The van der Waals surface area contributed by atoms with Gasteiger partial charge in [-0.05, 0) is 18.9 Å². The van der Waals surface area contributed by atoms with Crippen LogP contribution in [0.15, 0.2) is 36.4 Å². The van der Waals surface area contributed by atoms with Gasteiger partial charge in [-0.25, -0.2) is 0 Å². The Kier molecular flexibility index (Phi) is 5.67. The predicted octanol–water partition coefficient (Wildman–Crippen LogP) is 2.57. The lowest BCUT2D eigenvalue weighted by atomic mass is 9.82. The third kappa shape index (κ3) is 4.51. The molecule has 2 atom stereocenters. The molecule has 0 aliphatic heterocycles. The average Bonchev–Trinajstić information content (AvgIpc) is 2.53. The number of halogens is 2. The molecule has 0 unspecified atom stereocenters. The summed E-state index contributed by atoms with van der Waals surface area (Å²) in [7, 11) is 0. The molecule has 5 nitrogen and oxygen atoms in total. The van der Waals surface area contributed by atoms with Crippen molar-refractivity contribution in [1.29, 1.82) is 0 Å². The molecule has 1 aliphatic rings. The van der Waals surface area contributed by atoms with Crippen LogP contribution < -0.4 is 10.1 Å². The van der Waals surface area contributed by atoms with E-state index in [0.717, 1.165) is 0 Å². The number of carboxylic acids is 1. The lowest BCUT2D eigenvalue weighted by molar-refractivity contribution is -0.147. The number of rotatable bonds is 6. The highest BCUT2D eigenvalue weighted by molar-refractivity contribution is 5.85.